The number of hydrogen-bond acceptors (Lipinski definition) is 6. The zero-order chi connectivity index (χ0) is 32.6. The molecule has 3 amide bonds. The van der Waals surface area contributed by atoms with E-state index >= 15 is 0 Å². The molecule has 1 unspecified atom stereocenters. The topological polar surface area (TPSA) is 100 Å². The maximum atomic E-state index is 13.7. The Morgan fingerprint density at radius 1 is 0.766 bits per heavy atom. The summed E-state index contributed by atoms with van der Waals surface area (Å²) in [6.45, 7) is 0. The minimum Gasteiger partial charge on any atom is -0.321 e. The van der Waals surface area contributed by atoms with Gasteiger partial charge in [-0.15, -0.1) is 11.8 Å². The molecular weight excluding hydrogens is 648 g/mol. The minimum atomic E-state index is -0.602. The van der Waals surface area contributed by atoms with Gasteiger partial charge in [0.15, 0.2) is 5.13 Å². The van der Waals surface area contributed by atoms with E-state index in [-0.39, 0.29) is 11.6 Å². The maximum absolute atomic E-state index is 13.7. The monoisotopic (exact) mass is 674 g/mol. The number of anilines is 2. The number of nitrogens with zero attached hydrogens (tertiary/aromatic N) is 1. The number of nitrogens with one attached hydrogen (secondary N) is 3. The highest BCUT2D eigenvalue weighted by atomic mass is 35.5. The average Bonchev–Trinajstić information content (AvgIpc) is 3.51. The van der Waals surface area contributed by atoms with Crippen LogP contribution in [0.15, 0.2) is 144 Å². The van der Waals surface area contributed by atoms with Gasteiger partial charge >= 0.3 is 0 Å². The number of amides is 3. The van der Waals surface area contributed by atoms with Gasteiger partial charge in [-0.3, -0.25) is 14.4 Å². The quantitative estimate of drug-likeness (QED) is 0.0996. The molecule has 1 heterocycles. The van der Waals surface area contributed by atoms with E-state index in [1.54, 1.807) is 66.7 Å². The Morgan fingerprint density at radius 2 is 1.47 bits per heavy atom. The third kappa shape index (κ3) is 8.14. The van der Waals surface area contributed by atoms with Crippen molar-refractivity contribution in [1.82, 2.24) is 10.3 Å². The lowest BCUT2D eigenvalue weighted by Gasteiger charge is -2.17. The van der Waals surface area contributed by atoms with Crippen LogP contribution in [0, 0.1) is 0 Å². The number of para-hydroxylation sites is 1. The first-order valence-corrected chi connectivity index (χ1v) is 16.6. The molecule has 6 aromatic rings. The highest BCUT2D eigenvalue weighted by molar-refractivity contribution is 8.00. The first kappa shape index (κ1) is 31.7. The Bertz CT molecular complexity index is 2050. The summed E-state index contributed by atoms with van der Waals surface area (Å²) in [6, 6.07) is 40.1. The summed E-state index contributed by atoms with van der Waals surface area (Å²) < 4.78 is 0.984. The second kappa shape index (κ2) is 14.9. The average molecular weight is 675 g/mol. The lowest BCUT2D eigenvalue weighted by atomic mass is 10.1. The van der Waals surface area contributed by atoms with Crippen LogP contribution in [0.1, 0.15) is 26.7 Å². The number of thioether (sulfide) groups is 1. The standard InChI is InChI=1S/C37H27ClN4O3S2/c38-29-19-8-7-16-26(29)22-31(40-34(43)25-14-5-2-6-15-25)35(44)39-27-17-11-18-28(23-27)46-33(24-12-3-1-4-13-24)36(45)42-37-41-30-20-9-10-21-32(30)47-37/h1-23,33H,(H,39,44)(H,40,43)(H,41,42,45)/b31-22+. The van der Waals surface area contributed by atoms with E-state index in [4.69, 9.17) is 11.6 Å². The molecule has 1 aromatic heterocycles. The third-order valence-corrected chi connectivity index (χ3v) is 9.49. The third-order valence-electron chi connectivity index (χ3n) is 6.94. The van der Waals surface area contributed by atoms with Crippen molar-refractivity contribution >= 4 is 79.5 Å². The molecule has 1 atom stereocenters. The highest BCUT2D eigenvalue weighted by Crippen LogP contribution is 2.38. The van der Waals surface area contributed by atoms with Gasteiger partial charge in [-0.2, -0.15) is 0 Å². The Hall–Kier alpha value is -5.22. The molecule has 10 heteroatoms. The lowest BCUT2D eigenvalue weighted by molar-refractivity contribution is -0.116. The number of carbonyl (C=O) groups excluding carboxylic acids is 3. The predicted molar refractivity (Wildman–Crippen MR) is 192 cm³/mol. The molecule has 0 saturated carbocycles. The van der Waals surface area contributed by atoms with E-state index in [1.807, 2.05) is 66.7 Å². The van der Waals surface area contributed by atoms with Crippen LogP contribution >= 0.6 is 34.7 Å². The maximum Gasteiger partial charge on any atom is 0.272 e. The number of halogens is 1. The van der Waals surface area contributed by atoms with Crippen LogP contribution in [-0.2, 0) is 9.59 Å². The molecule has 0 radical (unpaired) electrons. The second-order valence-electron chi connectivity index (χ2n) is 10.3. The summed E-state index contributed by atoms with van der Waals surface area (Å²) in [4.78, 5) is 45.6. The summed E-state index contributed by atoms with van der Waals surface area (Å²) >= 11 is 9.14. The molecule has 0 aliphatic rings. The van der Waals surface area contributed by atoms with Gasteiger partial charge < -0.3 is 16.0 Å². The molecule has 0 aliphatic heterocycles. The fourth-order valence-corrected chi connectivity index (χ4v) is 6.81. The molecule has 47 heavy (non-hydrogen) atoms. The van der Waals surface area contributed by atoms with Gasteiger partial charge in [0.2, 0.25) is 5.91 Å². The van der Waals surface area contributed by atoms with E-state index in [2.05, 4.69) is 20.9 Å². The highest BCUT2D eigenvalue weighted by Gasteiger charge is 2.24. The van der Waals surface area contributed by atoms with Gasteiger partial charge in [-0.25, -0.2) is 4.98 Å². The fourth-order valence-electron chi connectivity index (χ4n) is 4.67. The zero-order valence-electron chi connectivity index (χ0n) is 24.7. The number of hydrogen-bond donors (Lipinski definition) is 3. The minimum absolute atomic E-state index is 0.0161. The molecule has 232 valence electrons. The van der Waals surface area contributed by atoms with Crippen molar-refractivity contribution in [2.75, 3.05) is 10.6 Å². The molecule has 0 spiro atoms. The van der Waals surface area contributed by atoms with Crippen molar-refractivity contribution in [1.29, 1.82) is 0 Å². The number of rotatable bonds is 10. The van der Waals surface area contributed by atoms with E-state index in [0.29, 0.717) is 27.0 Å². The predicted octanol–water partition coefficient (Wildman–Crippen LogP) is 8.83. The first-order chi connectivity index (χ1) is 22.9. The molecule has 3 N–H and O–H groups in total. The van der Waals surface area contributed by atoms with Gasteiger partial charge in [-0.1, -0.05) is 108 Å². The number of thiazole rings is 1. The van der Waals surface area contributed by atoms with Gasteiger partial charge in [0, 0.05) is 21.2 Å². The van der Waals surface area contributed by atoms with Crippen molar-refractivity contribution in [3.63, 3.8) is 0 Å². The Labute approximate surface area is 284 Å². The molecule has 0 aliphatic carbocycles. The van der Waals surface area contributed by atoms with Crippen LogP contribution in [0.4, 0.5) is 10.8 Å². The van der Waals surface area contributed by atoms with E-state index in [1.165, 1.54) is 29.2 Å². The molecular formula is C37H27ClN4O3S2. The molecule has 5 aromatic carbocycles. The summed E-state index contributed by atoms with van der Waals surface area (Å²) in [7, 11) is 0. The summed E-state index contributed by atoms with van der Waals surface area (Å²) in [5.41, 5.74) is 3.11. The molecule has 0 bridgehead atoms. The molecule has 0 fully saturated rings. The van der Waals surface area contributed by atoms with Crippen molar-refractivity contribution < 1.29 is 14.4 Å². The van der Waals surface area contributed by atoms with Crippen LogP contribution < -0.4 is 16.0 Å². The SMILES string of the molecule is O=C(Nc1cccc(SC(C(=O)Nc2nc3ccccc3s2)c2ccccc2)c1)/C(=C\c1ccccc1Cl)NC(=O)c1ccccc1. The van der Waals surface area contributed by atoms with E-state index < -0.39 is 17.1 Å². The van der Waals surface area contributed by atoms with Crippen molar-refractivity contribution in [2.45, 2.75) is 10.1 Å². The Morgan fingerprint density at radius 3 is 2.23 bits per heavy atom. The number of fused-ring (bicyclic) bond motifs is 1. The fraction of sp³-hybridized carbons (Fsp3) is 0.0270. The van der Waals surface area contributed by atoms with Crippen molar-refractivity contribution in [2.24, 2.45) is 0 Å². The largest absolute Gasteiger partial charge is 0.321 e. The van der Waals surface area contributed by atoms with Crippen LogP contribution in [0.5, 0.6) is 0 Å². The van der Waals surface area contributed by atoms with Crippen LogP contribution in [0.2, 0.25) is 5.02 Å². The first-order valence-electron chi connectivity index (χ1n) is 14.5. The normalized spacial score (nSPS) is 11.9. The van der Waals surface area contributed by atoms with Crippen LogP contribution in [0.25, 0.3) is 16.3 Å². The lowest BCUT2D eigenvalue weighted by Crippen LogP contribution is -2.30. The van der Waals surface area contributed by atoms with Crippen molar-refractivity contribution in [3.8, 4) is 0 Å². The smallest absolute Gasteiger partial charge is 0.272 e. The van der Waals surface area contributed by atoms with Gasteiger partial charge in [0.1, 0.15) is 10.9 Å². The summed E-state index contributed by atoms with van der Waals surface area (Å²) in [5, 5.41) is 8.97. The van der Waals surface area contributed by atoms with Gasteiger partial charge in [0.25, 0.3) is 11.8 Å². The van der Waals surface area contributed by atoms with Gasteiger partial charge in [0.05, 0.1) is 10.2 Å². The van der Waals surface area contributed by atoms with E-state index in [0.717, 1.165) is 20.7 Å². The summed E-state index contributed by atoms with van der Waals surface area (Å²) in [5.74, 6) is -1.19. The Balaban J connectivity index is 1.23. The van der Waals surface area contributed by atoms with Crippen LogP contribution in [0.3, 0.4) is 0 Å². The van der Waals surface area contributed by atoms with Crippen molar-refractivity contribution in [3.05, 3.63) is 161 Å². The zero-order valence-corrected chi connectivity index (χ0v) is 27.1. The second-order valence-corrected chi connectivity index (χ2v) is 12.9. The number of carbonyl (C=O) groups is 3. The molecule has 7 nitrogen and oxygen atoms in total. The number of benzene rings is 5. The van der Waals surface area contributed by atoms with Gasteiger partial charge in [-0.05, 0) is 65.7 Å². The Kier molecular flexibility index (Phi) is 10.1. The molecule has 0 saturated heterocycles. The molecule has 6 rings (SSSR count). The van der Waals surface area contributed by atoms with Crippen LogP contribution in [-0.4, -0.2) is 22.7 Å². The number of aromatic nitrogens is 1. The van der Waals surface area contributed by atoms with E-state index in [9.17, 15) is 14.4 Å². The summed E-state index contributed by atoms with van der Waals surface area (Å²) in [6.07, 6.45) is 1.54.